The Labute approximate surface area is 101 Å². The molecule has 0 amide bonds. The van der Waals surface area contributed by atoms with Gasteiger partial charge in [-0.05, 0) is 13.8 Å². The van der Waals surface area contributed by atoms with Crippen molar-refractivity contribution in [3.63, 3.8) is 0 Å². The Morgan fingerprint density at radius 3 is 2.88 bits per heavy atom. The second kappa shape index (κ2) is 6.32. The van der Waals surface area contributed by atoms with Crippen molar-refractivity contribution in [2.75, 3.05) is 5.32 Å². The fraction of sp³-hybridized carbons (Fsp3) is 0.167. The van der Waals surface area contributed by atoms with Crippen LogP contribution in [0.3, 0.4) is 0 Å². The molecule has 0 aliphatic rings. The number of aliphatic imine (C=N–C) groups is 1. The standard InChI is InChI=1S/C12H17N5/c1-9(2)4-11(5-14-7-13)10(3)17-12-6-15-8-16-12/h4-8,17H,3H2,1-2H3,(H2,13,14)(H,15,16)/b11-5+. The van der Waals surface area contributed by atoms with E-state index < -0.39 is 0 Å². The van der Waals surface area contributed by atoms with Gasteiger partial charge in [-0.3, -0.25) is 0 Å². The van der Waals surface area contributed by atoms with Crippen molar-refractivity contribution < 1.29 is 0 Å². The minimum Gasteiger partial charge on any atom is -0.390 e. The molecule has 90 valence electrons. The molecule has 1 rings (SSSR count). The lowest BCUT2D eigenvalue weighted by molar-refractivity contribution is 1.28. The molecular weight excluding hydrogens is 214 g/mol. The van der Waals surface area contributed by atoms with Gasteiger partial charge in [0.15, 0.2) is 0 Å². The molecule has 1 aromatic heterocycles. The molecule has 0 radical (unpaired) electrons. The molecule has 0 spiro atoms. The van der Waals surface area contributed by atoms with Crippen LogP contribution in [0.5, 0.6) is 0 Å². The van der Waals surface area contributed by atoms with Crippen molar-refractivity contribution in [1.82, 2.24) is 9.97 Å². The summed E-state index contributed by atoms with van der Waals surface area (Å²) in [5, 5.41) is 3.10. The zero-order valence-electron chi connectivity index (χ0n) is 10.1. The first-order valence-corrected chi connectivity index (χ1v) is 5.16. The van der Waals surface area contributed by atoms with Crippen molar-refractivity contribution in [2.45, 2.75) is 13.8 Å². The van der Waals surface area contributed by atoms with Gasteiger partial charge in [-0.2, -0.15) is 0 Å². The summed E-state index contributed by atoms with van der Waals surface area (Å²) >= 11 is 0. The SMILES string of the molecule is C=C(Nc1cnc[nH]1)/C(C=C(C)C)=C/N=CN. The number of imidazole rings is 1. The smallest absolute Gasteiger partial charge is 0.127 e. The monoisotopic (exact) mass is 231 g/mol. The molecule has 17 heavy (non-hydrogen) atoms. The maximum atomic E-state index is 5.22. The van der Waals surface area contributed by atoms with Crippen LogP contribution >= 0.6 is 0 Å². The first-order valence-electron chi connectivity index (χ1n) is 5.16. The Hall–Kier alpha value is -2.30. The van der Waals surface area contributed by atoms with E-state index in [-0.39, 0.29) is 0 Å². The number of nitrogens with two attached hydrogens (primary N) is 1. The summed E-state index contributed by atoms with van der Waals surface area (Å²) in [5.41, 5.74) is 7.96. The van der Waals surface area contributed by atoms with Gasteiger partial charge in [-0.15, -0.1) is 0 Å². The lowest BCUT2D eigenvalue weighted by atomic mass is 10.1. The molecule has 0 aromatic carbocycles. The van der Waals surface area contributed by atoms with Gasteiger partial charge >= 0.3 is 0 Å². The average Bonchev–Trinajstić information content (AvgIpc) is 2.76. The fourth-order valence-electron chi connectivity index (χ4n) is 1.20. The Kier molecular flexibility index (Phi) is 4.75. The number of H-pyrrole nitrogens is 1. The van der Waals surface area contributed by atoms with Gasteiger partial charge in [-0.25, -0.2) is 9.98 Å². The zero-order chi connectivity index (χ0) is 12.7. The highest BCUT2D eigenvalue weighted by Crippen LogP contribution is 2.14. The fourth-order valence-corrected chi connectivity index (χ4v) is 1.20. The summed E-state index contributed by atoms with van der Waals surface area (Å²) in [6.07, 6.45) is 8.13. The first-order chi connectivity index (χ1) is 8.13. The number of rotatable bonds is 5. The summed E-state index contributed by atoms with van der Waals surface area (Å²) in [6.45, 7) is 7.96. The molecule has 4 N–H and O–H groups in total. The quantitative estimate of drug-likeness (QED) is 0.413. The van der Waals surface area contributed by atoms with E-state index in [4.69, 9.17) is 5.73 Å². The highest BCUT2D eigenvalue weighted by atomic mass is 15.0. The van der Waals surface area contributed by atoms with Gasteiger partial charge in [0.05, 0.1) is 18.9 Å². The van der Waals surface area contributed by atoms with Crippen LogP contribution in [-0.4, -0.2) is 16.3 Å². The predicted molar refractivity (Wildman–Crippen MR) is 71.5 cm³/mol. The van der Waals surface area contributed by atoms with Gasteiger partial charge in [0.25, 0.3) is 0 Å². The largest absolute Gasteiger partial charge is 0.390 e. The summed E-state index contributed by atoms with van der Waals surface area (Å²) in [5.74, 6) is 0.778. The van der Waals surface area contributed by atoms with E-state index in [0.29, 0.717) is 0 Å². The van der Waals surface area contributed by atoms with Crippen LogP contribution in [0.1, 0.15) is 13.8 Å². The Morgan fingerprint density at radius 2 is 2.35 bits per heavy atom. The Bertz CT molecular complexity index is 447. The predicted octanol–water partition coefficient (Wildman–Crippen LogP) is 2.17. The van der Waals surface area contributed by atoms with Crippen molar-refractivity contribution in [2.24, 2.45) is 10.7 Å². The molecule has 0 saturated heterocycles. The van der Waals surface area contributed by atoms with E-state index >= 15 is 0 Å². The van der Waals surface area contributed by atoms with Crippen molar-refractivity contribution in [1.29, 1.82) is 0 Å². The van der Waals surface area contributed by atoms with E-state index in [9.17, 15) is 0 Å². The van der Waals surface area contributed by atoms with E-state index in [1.165, 1.54) is 6.34 Å². The topological polar surface area (TPSA) is 79.1 Å². The molecule has 0 aliphatic carbocycles. The maximum absolute atomic E-state index is 5.22. The van der Waals surface area contributed by atoms with Crippen LogP contribution in [0, 0.1) is 0 Å². The molecule has 5 nitrogen and oxygen atoms in total. The zero-order valence-corrected chi connectivity index (χ0v) is 10.1. The number of anilines is 1. The maximum Gasteiger partial charge on any atom is 0.127 e. The highest BCUT2D eigenvalue weighted by Gasteiger charge is 2.01. The Balaban J connectivity index is 2.84. The van der Waals surface area contributed by atoms with Crippen LogP contribution in [0.4, 0.5) is 5.82 Å². The summed E-state index contributed by atoms with van der Waals surface area (Å²) in [6, 6.07) is 0. The summed E-state index contributed by atoms with van der Waals surface area (Å²) in [4.78, 5) is 10.7. The molecule has 0 fully saturated rings. The van der Waals surface area contributed by atoms with Crippen molar-refractivity contribution in [3.05, 3.63) is 48.2 Å². The average molecular weight is 231 g/mol. The molecule has 0 bridgehead atoms. The molecule has 0 saturated carbocycles. The third kappa shape index (κ3) is 4.38. The lowest BCUT2D eigenvalue weighted by Gasteiger charge is -2.08. The normalized spacial score (nSPS) is 11.5. The molecule has 5 heteroatoms. The van der Waals surface area contributed by atoms with Gasteiger partial charge in [0, 0.05) is 17.5 Å². The van der Waals surface area contributed by atoms with Gasteiger partial charge in [0.2, 0.25) is 0 Å². The molecule has 1 heterocycles. The number of allylic oxidation sites excluding steroid dienone is 2. The van der Waals surface area contributed by atoms with E-state index in [2.05, 4.69) is 26.9 Å². The number of nitrogens with one attached hydrogen (secondary N) is 2. The highest BCUT2D eigenvalue weighted by molar-refractivity contribution is 5.55. The molecule has 0 aliphatic heterocycles. The third-order valence-corrected chi connectivity index (χ3v) is 1.88. The number of nitrogens with zero attached hydrogens (tertiary/aromatic N) is 2. The number of aromatic amines is 1. The van der Waals surface area contributed by atoms with E-state index in [1.54, 1.807) is 18.7 Å². The minimum atomic E-state index is 0.723. The van der Waals surface area contributed by atoms with Crippen molar-refractivity contribution in [3.8, 4) is 0 Å². The van der Waals surface area contributed by atoms with E-state index in [1.807, 2.05) is 19.9 Å². The lowest BCUT2D eigenvalue weighted by Crippen LogP contribution is -2.00. The van der Waals surface area contributed by atoms with Crippen LogP contribution in [0.25, 0.3) is 0 Å². The summed E-state index contributed by atoms with van der Waals surface area (Å²) < 4.78 is 0. The molecule has 1 aromatic rings. The first kappa shape index (κ1) is 12.8. The Morgan fingerprint density at radius 1 is 1.59 bits per heavy atom. The third-order valence-electron chi connectivity index (χ3n) is 1.88. The number of hydrogen-bond acceptors (Lipinski definition) is 3. The van der Waals surface area contributed by atoms with Gasteiger partial charge < -0.3 is 16.0 Å². The second-order valence-electron chi connectivity index (χ2n) is 3.67. The van der Waals surface area contributed by atoms with Crippen molar-refractivity contribution >= 4 is 12.2 Å². The molecule has 0 unspecified atom stereocenters. The number of aromatic nitrogens is 2. The minimum absolute atomic E-state index is 0.723. The second-order valence-corrected chi connectivity index (χ2v) is 3.67. The van der Waals surface area contributed by atoms with Gasteiger partial charge in [-0.1, -0.05) is 18.2 Å². The van der Waals surface area contributed by atoms with Crippen LogP contribution < -0.4 is 11.1 Å². The van der Waals surface area contributed by atoms with E-state index in [0.717, 1.165) is 22.7 Å². The summed E-state index contributed by atoms with van der Waals surface area (Å²) in [7, 11) is 0. The van der Waals surface area contributed by atoms with Crippen LogP contribution in [0.15, 0.2) is 53.2 Å². The molecular formula is C12H17N5. The number of hydrogen-bond donors (Lipinski definition) is 3. The van der Waals surface area contributed by atoms with Crippen LogP contribution in [-0.2, 0) is 0 Å². The van der Waals surface area contributed by atoms with Gasteiger partial charge in [0.1, 0.15) is 5.82 Å². The molecule has 0 atom stereocenters. The van der Waals surface area contributed by atoms with Crippen LogP contribution in [0.2, 0.25) is 0 Å².